The number of thioether (sulfide) groups is 1. The van der Waals surface area contributed by atoms with Crippen LogP contribution in [-0.4, -0.2) is 43.2 Å². The topological polar surface area (TPSA) is 82.6 Å². The Morgan fingerprint density at radius 2 is 1.61 bits per heavy atom. The van der Waals surface area contributed by atoms with Crippen molar-refractivity contribution in [3.8, 4) is 28.5 Å². The van der Waals surface area contributed by atoms with Gasteiger partial charge in [-0.3, -0.25) is 4.79 Å². The Labute approximate surface area is 186 Å². The van der Waals surface area contributed by atoms with Gasteiger partial charge in [0.15, 0.2) is 11.5 Å². The number of rotatable bonds is 9. The zero-order chi connectivity index (χ0) is 22.2. The molecular weight excluding hydrogens is 414 g/mol. The summed E-state index contributed by atoms with van der Waals surface area (Å²) < 4.78 is 16.1. The van der Waals surface area contributed by atoms with Crippen LogP contribution in [0, 0.1) is 6.92 Å². The number of benzene rings is 2. The molecule has 0 aliphatic rings. The van der Waals surface area contributed by atoms with Gasteiger partial charge in [-0.05, 0) is 36.8 Å². The molecule has 3 rings (SSSR count). The summed E-state index contributed by atoms with van der Waals surface area (Å²) in [6.45, 7) is 2.54. The molecule has 0 saturated carbocycles. The summed E-state index contributed by atoms with van der Waals surface area (Å²) in [6, 6.07) is 15.4. The Morgan fingerprint density at radius 1 is 0.935 bits per heavy atom. The lowest BCUT2D eigenvalue weighted by Crippen LogP contribution is -2.24. The molecule has 0 aliphatic carbocycles. The van der Waals surface area contributed by atoms with Gasteiger partial charge >= 0.3 is 0 Å². The fraction of sp³-hybridized carbons (Fsp3) is 0.261. The van der Waals surface area contributed by atoms with E-state index in [1.165, 1.54) is 17.3 Å². The highest BCUT2D eigenvalue weighted by Crippen LogP contribution is 2.40. The zero-order valence-corrected chi connectivity index (χ0v) is 18.8. The van der Waals surface area contributed by atoms with E-state index in [1.807, 2.05) is 55.5 Å². The summed E-state index contributed by atoms with van der Waals surface area (Å²) in [5.74, 6) is 1.82. The maximum absolute atomic E-state index is 12.1. The summed E-state index contributed by atoms with van der Waals surface area (Å²) in [5, 5.41) is 12.1. The smallest absolute Gasteiger partial charge is 0.230 e. The number of amides is 1. The van der Waals surface area contributed by atoms with E-state index in [-0.39, 0.29) is 11.7 Å². The normalized spacial score (nSPS) is 10.5. The van der Waals surface area contributed by atoms with Crippen LogP contribution < -0.4 is 19.5 Å². The van der Waals surface area contributed by atoms with Crippen LogP contribution in [0.1, 0.15) is 11.1 Å². The largest absolute Gasteiger partial charge is 0.493 e. The maximum Gasteiger partial charge on any atom is 0.230 e. The highest BCUT2D eigenvalue weighted by atomic mass is 32.2. The van der Waals surface area contributed by atoms with E-state index in [1.54, 1.807) is 21.3 Å². The number of nitrogens with zero attached hydrogens (tertiary/aromatic N) is 2. The lowest BCUT2D eigenvalue weighted by atomic mass is 10.1. The fourth-order valence-corrected chi connectivity index (χ4v) is 3.52. The number of carbonyl (C=O) groups excluding carboxylic acids is 1. The summed E-state index contributed by atoms with van der Waals surface area (Å²) in [7, 11) is 4.69. The van der Waals surface area contributed by atoms with Crippen LogP contribution in [0.15, 0.2) is 53.6 Å². The molecule has 0 fully saturated rings. The molecule has 8 heteroatoms. The van der Waals surface area contributed by atoms with Gasteiger partial charge in [0.2, 0.25) is 11.7 Å². The van der Waals surface area contributed by atoms with Gasteiger partial charge in [0, 0.05) is 12.1 Å². The van der Waals surface area contributed by atoms with Crippen molar-refractivity contribution in [1.29, 1.82) is 0 Å². The van der Waals surface area contributed by atoms with E-state index < -0.39 is 0 Å². The van der Waals surface area contributed by atoms with Gasteiger partial charge in [-0.1, -0.05) is 41.6 Å². The van der Waals surface area contributed by atoms with E-state index in [0.717, 1.165) is 11.1 Å². The van der Waals surface area contributed by atoms with Gasteiger partial charge in [-0.15, -0.1) is 10.2 Å². The summed E-state index contributed by atoms with van der Waals surface area (Å²) >= 11 is 1.34. The van der Waals surface area contributed by atoms with Crippen molar-refractivity contribution in [3.63, 3.8) is 0 Å². The number of carbonyl (C=O) groups is 1. The first-order chi connectivity index (χ1) is 15.0. The van der Waals surface area contributed by atoms with E-state index in [9.17, 15) is 4.79 Å². The van der Waals surface area contributed by atoms with Crippen LogP contribution in [0.5, 0.6) is 17.2 Å². The molecule has 2 aromatic carbocycles. The van der Waals surface area contributed by atoms with Gasteiger partial charge in [0.1, 0.15) is 5.03 Å². The Hall–Kier alpha value is -3.26. The number of hydrogen-bond acceptors (Lipinski definition) is 7. The summed E-state index contributed by atoms with van der Waals surface area (Å²) in [6.07, 6.45) is 0. The quantitative estimate of drug-likeness (QED) is 0.507. The molecule has 0 bridgehead atoms. The molecule has 162 valence electrons. The number of hydrogen-bond donors (Lipinski definition) is 1. The molecule has 0 aliphatic heterocycles. The Balaban J connectivity index is 1.60. The van der Waals surface area contributed by atoms with E-state index >= 15 is 0 Å². The van der Waals surface area contributed by atoms with Crippen LogP contribution in [0.2, 0.25) is 0 Å². The lowest BCUT2D eigenvalue weighted by molar-refractivity contribution is -0.118. The number of nitrogens with one attached hydrogen (secondary N) is 1. The second-order valence-electron chi connectivity index (χ2n) is 6.72. The van der Waals surface area contributed by atoms with Crippen molar-refractivity contribution in [3.05, 3.63) is 59.7 Å². The minimum atomic E-state index is -0.0546. The monoisotopic (exact) mass is 439 g/mol. The first-order valence-corrected chi connectivity index (χ1v) is 10.6. The van der Waals surface area contributed by atoms with Gasteiger partial charge in [0.05, 0.1) is 32.8 Å². The number of methoxy groups -OCH3 is 3. The molecule has 0 unspecified atom stereocenters. The van der Waals surface area contributed by atoms with Gasteiger partial charge in [-0.2, -0.15) is 0 Å². The van der Waals surface area contributed by atoms with E-state index in [0.29, 0.717) is 34.5 Å². The molecule has 3 aromatic rings. The molecule has 31 heavy (non-hydrogen) atoms. The summed E-state index contributed by atoms with van der Waals surface area (Å²) in [4.78, 5) is 12.1. The third-order valence-corrected chi connectivity index (χ3v) is 5.48. The van der Waals surface area contributed by atoms with E-state index in [4.69, 9.17) is 14.2 Å². The molecule has 1 heterocycles. The van der Waals surface area contributed by atoms with Gasteiger partial charge in [0.25, 0.3) is 0 Å². The lowest BCUT2D eigenvalue weighted by Gasteiger charge is -2.13. The van der Waals surface area contributed by atoms with E-state index in [2.05, 4.69) is 15.5 Å². The Kier molecular flexibility index (Phi) is 7.72. The first kappa shape index (κ1) is 22.4. The van der Waals surface area contributed by atoms with Gasteiger partial charge in [-0.25, -0.2) is 0 Å². The SMILES string of the molecule is COc1cc(-c2ccc(SCC(=O)NCc3ccc(C)cc3)nn2)cc(OC)c1OC. The molecule has 0 radical (unpaired) electrons. The summed E-state index contributed by atoms with van der Waals surface area (Å²) in [5.41, 5.74) is 3.71. The second kappa shape index (κ2) is 10.7. The van der Waals surface area contributed by atoms with Crippen LogP contribution in [-0.2, 0) is 11.3 Å². The molecular formula is C23H25N3O4S. The van der Waals surface area contributed by atoms with Crippen molar-refractivity contribution in [1.82, 2.24) is 15.5 Å². The predicted molar refractivity (Wildman–Crippen MR) is 121 cm³/mol. The number of ether oxygens (including phenoxy) is 3. The van der Waals surface area contributed by atoms with Gasteiger partial charge < -0.3 is 19.5 Å². The number of aromatic nitrogens is 2. The Bertz CT molecular complexity index is 999. The zero-order valence-electron chi connectivity index (χ0n) is 18.0. The average molecular weight is 440 g/mol. The Morgan fingerprint density at radius 3 is 2.16 bits per heavy atom. The first-order valence-electron chi connectivity index (χ1n) is 9.63. The second-order valence-corrected chi connectivity index (χ2v) is 7.72. The molecule has 1 aromatic heterocycles. The van der Waals surface area contributed by atoms with Crippen LogP contribution in [0.3, 0.4) is 0 Å². The van der Waals surface area contributed by atoms with Crippen molar-refractivity contribution >= 4 is 17.7 Å². The third kappa shape index (κ3) is 5.88. The van der Waals surface area contributed by atoms with Crippen LogP contribution in [0.4, 0.5) is 0 Å². The van der Waals surface area contributed by atoms with Crippen LogP contribution >= 0.6 is 11.8 Å². The van der Waals surface area contributed by atoms with Crippen molar-refractivity contribution in [2.24, 2.45) is 0 Å². The third-order valence-electron chi connectivity index (χ3n) is 4.56. The molecule has 1 N–H and O–H groups in total. The minimum Gasteiger partial charge on any atom is -0.493 e. The molecule has 0 atom stereocenters. The van der Waals surface area contributed by atoms with Crippen molar-refractivity contribution < 1.29 is 19.0 Å². The standard InChI is InChI=1S/C23H25N3O4S/c1-15-5-7-16(8-6-15)13-24-21(27)14-31-22-10-9-18(25-26-22)17-11-19(28-2)23(30-4)20(12-17)29-3/h5-12H,13-14H2,1-4H3,(H,24,27). The van der Waals surface area contributed by atoms with Crippen molar-refractivity contribution in [2.75, 3.05) is 27.1 Å². The average Bonchev–Trinajstić information content (AvgIpc) is 2.81. The highest BCUT2D eigenvalue weighted by molar-refractivity contribution is 7.99. The van der Waals surface area contributed by atoms with Crippen molar-refractivity contribution in [2.45, 2.75) is 18.5 Å². The predicted octanol–water partition coefficient (Wildman–Crippen LogP) is 3.89. The highest BCUT2D eigenvalue weighted by Gasteiger charge is 2.15. The molecule has 7 nitrogen and oxygen atoms in total. The molecule has 0 spiro atoms. The molecule has 0 saturated heterocycles. The fourth-order valence-electron chi connectivity index (χ4n) is 2.88. The minimum absolute atomic E-state index is 0.0546. The molecule has 1 amide bonds. The van der Waals surface area contributed by atoms with Crippen LogP contribution in [0.25, 0.3) is 11.3 Å². The number of aryl methyl sites for hydroxylation is 1. The maximum atomic E-state index is 12.1.